The highest BCUT2D eigenvalue weighted by Crippen LogP contribution is 2.30. The molecule has 4 nitrogen and oxygen atoms in total. The van der Waals surface area contributed by atoms with Crippen LogP contribution in [0, 0.1) is 18.7 Å². The van der Waals surface area contributed by atoms with Crippen LogP contribution in [0.25, 0.3) is 0 Å². The summed E-state index contributed by atoms with van der Waals surface area (Å²) in [6.45, 7) is 2.33. The van der Waals surface area contributed by atoms with Crippen LogP contribution >= 0.6 is 11.6 Å². The van der Waals surface area contributed by atoms with Crippen LogP contribution in [-0.2, 0) is 9.59 Å². The number of rotatable bonds is 3. The molecule has 0 radical (unpaired) electrons. The van der Waals surface area contributed by atoms with Gasteiger partial charge in [0.15, 0.2) is 0 Å². The van der Waals surface area contributed by atoms with Crippen LogP contribution in [0.1, 0.15) is 12.0 Å². The predicted octanol–water partition coefficient (Wildman–Crippen LogP) is 3.78. The molecule has 0 bridgehead atoms. The molecule has 0 saturated carbocycles. The Morgan fingerprint density at radius 2 is 2.08 bits per heavy atom. The maximum Gasteiger partial charge on any atom is 0.239 e. The highest BCUT2D eigenvalue weighted by atomic mass is 35.5. The fraction of sp³-hybridized carbons (Fsp3) is 0.222. The predicted molar refractivity (Wildman–Crippen MR) is 91.7 cm³/mol. The van der Waals surface area contributed by atoms with Crippen molar-refractivity contribution in [3.05, 3.63) is 58.9 Å². The van der Waals surface area contributed by atoms with Crippen LogP contribution in [-0.4, -0.2) is 18.4 Å². The molecule has 1 heterocycles. The number of carbonyl (C=O) groups is 2. The van der Waals surface area contributed by atoms with E-state index in [2.05, 4.69) is 5.32 Å². The summed E-state index contributed by atoms with van der Waals surface area (Å²) in [5, 5.41) is 3.20. The van der Waals surface area contributed by atoms with Crippen molar-refractivity contribution < 1.29 is 14.0 Å². The second kappa shape index (κ2) is 6.61. The fourth-order valence-corrected chi connectivity index (χ4v) is 3.11. The Hall–Kier alpha value is -2.40. The number of halogens is 2. The summed E-state index contributed by atoms with van der Waals surface area (Å²) in [6.07, 6.45) is 0.419. The lowest BCUT2D eigenvalue weighted by Crippen LogP contribution is -2.33. The van der Waals surface area contributed by atoms with Gasteiger partial charge in [-0.15, -0.1) is 0 Å². The third kappa shape index (κ3) is 3.26. The van der Waals surface area contributed by atoms with Gasteiger partial charge in [-0.3, -0.25) is 9.59 Å². The number of nitrogens with one attached hydrogen (secondary N) is 1. The average molecular weight is 347 g/mol. The van der Waals surface area contributed by atoms with Gasteiger partial charge in [-0.05, 0) is 55.3 Å². The lowest BCUT2D eigenvalue weighted by atomic mass is 10.1. The Morgan fingerprint density at radius 1 is 1.29 bits per heavy atom. The molecule has 6 heteroatoms. The Labute approximate surface area is 144 Å². The molecule has 0 aliphatic carbocycles. The van der Waals surface area contributed by atoms with Crippen molar-refractivity contribution in [3.63, 3.8) is 0 Å². The minimum absolute atomic E-state index is 0.255. The number of hydrogen-bond donors (Lipinski definition) is 1. The normalized spacial score (nSPS) is 17.2. The van der Waals surface area contributed by atoms with Crippen molar-refractivity contribution in [2.75, 3.05) is 16.8 Å². The lowest BCUT2D eigenvalue weighted by molar-refractivity contribution is -0.129. The maximum atomic E-state index is 13.2. The topological polar surface area (TPSA) is 49.4 Å². The molecule has 0 spiro atoms. The second-order valence-corrected chi connectivity index (χ2v) is 6.20. The first-order valence-electron chi connectivity index (χ1n) is 7.59. The number of aryl methyl sites for hydroxylation is 1. The van der Waals surface area contributed by atoms with Crippen molar-refractivity contribution >= 4 is 34.8 Å². The molecule has 0 aromatic heterocycles. The van der Waals surface area contributed by atoms with E-state index in [1.165, 1.54) is 18.2 Å². The number of nitrogens with zero attached hydrogens (tertiary/aromatic N) is 1. The first-order valence-corrected chi connectivity index (χ1v) is 7.97. The summed E-state index contributed by atoms with van der Waals surface area (Å²) in [7, 11) is 0. The van der Waals surface area contributed by atoms with Gasteiger partial charge in [0.25, 0.3) is 0 Å². The van der Waals surface area contributed by atoms with Gasteiger partial charge in [0.05, 0.1) is 0 Å². The van der Waals surface area contributed by atoms with Gasteiger partial charge in [-0.25, -0.2) is 4.39 Å². The van der Waals surface area contributed by atoms with E-state index in [1.807, 2.05) is 6.92 Å². The largest absolute Gasteiger partial charge is 0.325 e. The highest BCUT2D eigenvalue weighted by Gasteiger charge is 2.38. The highest BCUT2D eigenvalue weighted by molar-refractivity contribution is 6.30. The molecule has 1 atom stereocenters. The summed E-state index contributed by atoms with van der Waals surface area (Å²) in [5.41, 5.74) is 1.97. The summed E-state index contributed by atoms with van der Waals surface area (Å²) in [6, 6.07) is 10.9. The molecule has 2 aromatic carbocycles. The van der Waals surface area contributed by atoms with Crippen molar-refractivity contribution in [1.82, 2.24) is 0 Å². The molecule has 24 heavy (non-hydrogen) atoms. The van der Waals surface area contributed by atoms with Gasteiger partial charge < -0.3 is 10.2 Å². The third-order valence-electron chi connectivity index (χ3n) is 4.06. The van der Waals surface area contributed by atoms with Crippen molar-refractivity contribution in [3.8, 4) is 0 Å². The SMILES string of the molecule is Cc1cc(Cl)ccc1N1CCC(C(=O)Nc2cccc(F)c2)C1=O. The number of carbonyl (C=O) groups excluding carboxylic acids is 2. The molecule has 2 aromatic rings. The van der Waals surface area contributed by atoms with E-state index in [9.17, 15) is 14.0 Å². The summed E-state index contributed by atoms with van der Waals surface area (Å²) >= 11 is 5.94. The summed E-state index contributed by atoms with van der Waals surface area (Å²) < 4.78 is 13.2. The van der Waals surface area contributed by atoms with E-state index >= 15 is 0 Å². The van der Waals surface area contributed by atoms with Crippen molar-refractivity contribution in [1.29, 1.82) is 0 Å². The maximum absolute atomic E-state index is 13.2. The molecular weight excluding hydrogens is 331 g/mol. The van der Waals surface area contributed by atoms with E-state index in [4.69, 9.17) is 11.6 Å². The smallest absolute Gasteiger partial charge is 0.239 e. The standard InChI is InChI=1S/C18H16ClFN2O2/c1-11-9-12(19)5-6-16(11)22-8-7-15(18(22)24)17(23)21-14-4-2-3-13(20)10-14/h2-6,9-10,15H,7-8H2,1H3,(H,21,23). The molecule has 1 N–H and O–H groups in total. The Kier molecular flexibility index (Phi) is 4.53. The van der Waals surface area contributed by atoms with Gasteiger partial charge in [0.1, 0.15) is 11.7 Å². The minimum Gasteiger partial charge on any atom is -0.325 e. The Morgan fingerprint density at radius 3 is 2.79 bits per heavy atom. The van der Waals surface area contributed by atoms with Crippen LogP contribution in [0.5, 0.6) is 0 Å². The Bertz CT molecular complexity index is 809. The lowest BCUT2D eigenvalue weighted by Gasteiger charge is -2.19. The van der Waals surface area contributed by atoms with Gasteiger partial charge in [0.2, 0.25) is 11.8 Å². The van der Waals surface area contributed by atoms with Gasteiger partial charge >= 0.3 is 0 Å². The van der Waals surface area contributed by atoms with E-state index in [1.54, 1.807) is 29.2 Å². The molecule has 3 rings (SSSR count). The quantitative estimate of drug-likeness (QED) is 0.860. The molecule has 124 valence electrons. The van der Waals surface area contributed by atoms with Gasteiger partial charge in [0, 0.05) is 22.9 Å². The molecule has 1 fully saturated rings. The van der Waals surface area contributed by atoms with E-state index in [-0.39, 0.29) is 5.91 Å². The van der Waals surface area contributed by atoms with Crippen molar-refractivity contribution in [2.45, 2.75) is 13.3 Å². The monoisotopic (exact) mass is 346 g/mol. The van der Waals surface area contributed by atoms with E-state index in [0.717, 1.165) is 11.3 Å². The van der Waals surface area contributed by atoms with Crippen LogP contribution in [0.2, 0.25) is 5.02 Å². The van der Waals surface area contributed by atoms with Crippen LogP contribution in [0.15, 0.2) is 42.5 Å². The first-order chi connectivity index (χ1) is 11.5. The summed E-state index contributed by atoms with van der Waals surface area (Å²) in [4.78, 5) is 26.5. The minimum atomic E-state index is -0.775. The molecule has 1 aliphatic rings. The van der Waals surface area contributed by atoms with Crippen molar-refractivity contribution in [2.24, 2.45) is 5.92 Å². The number of hydrogen-bond acceptors (Lipinski definition) is 2. The molecular formula is C18H16ClFN2O2. The van der Waals surface area contributed by atoms with Crippen LogP contribution < -0.4 is 10.2 Å². The number of benzene rings is 2. The van der Waals surface area contributed by atoms with E-state index in [0.29, 0.717) is 23.7 Å². The summed E-state index contributed by atoms with van der Waals surface area (Å²) in [5.74, 6) is -1.89. The number of amides is 2. The molecule has 2 amide bonds. The molecule has 1 unspecified atom stereocenters. The number of anilines is 2. The van der Waals surface area contributed by atoms with Crippen LogP contribution in [0.3, 0.4) is 0 Å². The first kappa shape index (κ1) is 16.5. The van der Waals surface area contributed by atoms with Crippen LogP contribution in [0.4, 0.5) is 15.8 Å². The third-order valence-corrected chi connectivity index (χ3v) is 4.30. The van der Waals surface area contributed by atoms with Gasteiger partial charge in [-0.1, -0.05) is 17.7 Å². The second-order valence-electron chi connectivity index (χ2n) is 5.76. The molecule has 1 saturated heterocycles. The zero-order chi connectivity index (χ0) is 17.3. The molecule has 1 aliphatic heterocycles. The average Bonchev–Trinajstić information content (AvgIpc) is 2.89. The zero-order valence-electron chi connectivity index (χ0n) is 13.1. The Balaban J connectivity index is 1.75. The van der Waals surface area contributed by atoms with Gasteiger partial charge in [-0.2, -0.15) is 0 Å². The zero-order valence-corrected chi connectivity index (χ0v) is 13.8. The fourth-order valence-electron chi connectivity index (χ4n) is 2.88. The van der Waals surface area contributed by atoms with E-state index < -0.39 is 17.6 Å².